The van der Waals surface area contributed by atoms with Crippen LogP contribution in [-0.2, 0) is 41.7 Å². The summed E-state index contributed by atoms with van der Waals surface area (Å²) in [5.74, 6) is -2.80. The number of para-hydroxylation sites is 1. The van der Waals surface area contributed by atoms with E-state index in [0.29, 0.717) is 69.0 Å². The lowest BCUT2D eigenvalue weighted by atomic mass is 9.93. The molecule has 2 aromatic rings. The van der Waals surface area contributed by atoms with Crippen LogP contribution in [0.5, 0.6) is 0 Å². The Balaban J connectivity index is 1.68. The minimum Gasteiger partial charge on any atom is -0.480 e. The van der Waals surface area contributed by atoms with E-state index in [-0.39, 0.29) is 36.5 Å². The predicted octanol–water partition coefficient (Wildman–Crippen LogP) is 3.09. The van der Waals surface area contributed by atoms with E-state index in [1.165, 1.54) is 0 Å². The molecule has 4 amide bonds. The first-order valence-electron chi connectivity index (χ1n) is 17.1. The fourth-order valence-corrected chi connectivity index (χ4v) is 6.61. The SMILES string of the molecule is CCC(=O)CCCCC[C@@H]1NC(=O)[C@H]2CCCCN2C(=O)[C@H](C(C)CC)NC(=O)[C@H](Cc2cn(CC(=O)O)c3ccccc23)NC1=O. The van der Waals surface area contributed by atoms with Gasteiger partial charge in [0.15, 0.2) is 0 Å². The zero-order valence-corrected chi connectivity index (χ0v) is 27.8. The molecule has 4 rings (SSSR count). The first kappa shape index (κ1) is 35.6. The van der Waals surface area contributed by atoms with Crippen LogP contribution in [-0.4, -0.2) is 80.7 Å². The molecule has 0 bridgehead atoms. The van der Waals surface area contributed by atoms with Crippen molar-refractivity contribution in [1.82, 2.24) is 25.4 Å². The van der Waals surface area contributed by atoms with Gasteiger partial charge in [-0.3, -0.25) is 28.8 Å². The van der Waals surface area contributed by atoms with Crippen molar-refractivity contribution in [3.63, 3.8) is 0 Å². The Kier molecular flexibility index (Phi) is 12.6. The van der Waals surface area contributed by atoms with Gasteiger partial charge >= 0.3 is 5.97 Å². The summed E-state index contributed by atoms with van der Waals surface area (Å²) >= 11 is 0. The maximum Gasteiger partial charge on any atom is 0.323 e. The van der Waals surface area contributed by atoms with E-state index in [1.807, 2.05) is 32.9 Å². The number of carbonyl (C=O) groups is 6. The first-order chi connectivity index (χ1) is 22.5. The zero-order valence-electron chi connectivity index (χ0n) is 27.8. The van der Waals surface area contributed by atoms with Gasteiger partial charge in [-0.25, -0.2) is 0 Å². The number of aromatic nitrogens is 1. The lowest BCUT2D eigenvalue weighted by Crippen LogP contribution is -2.64. The smallest absolute Gasteiger partial charge is 0.323 e. The molecule has 4 N–H and O–H groups in total. The second-order valence-electron chi connectivity index (χ2n) is 12.9. The Labute approximate surface area is 276 Å². The number of benzene rings is 1. The van der Waals surface area contributed by atoms with Gasteiger partial charge in [0.1, 0.15) is 36.5 Å². The molecule has 0 aliphatic carbocycles. The van der Waals surface area contributed by atoms with Crippen molar-refractivity contribution >= 4 is 46.3 Å². The van der Waals surface area contributed by atoms with Crippen LogP contribution in [0.15, 0.2) is 30.5 Å². The van der Waals surface area contributed by atoms with E-state index < -0.39 is 42.0 Å². The van der Waals surface area contributed by atoms with E-state index in [0.717, 1.165) is 18.2 Å². The normalized spacial score (nSPS) is 23.2. The van der Waals surface area contributed by atoms with Crippen LogP contribution < -0.4 is 16.0 Å². The molecule has 256 valence electrons. The molecule has 2 saturated heterocycles. The minimum atomic E-state index is -1.11. The van der Waals surface area contributed by atoms with Crippen LogP contribution in [0, 0.1) is 5.92 Å². The Bertz CT molecular complexity index is 1470. The molecule has 2 aliphatic rings. The number of rotatable bonds is 13. The average molecular weight is 652 g/mol. The molecule has 1 unspecified atom stereocenters. The number of nitrogens with zero attached hydrogens (tertiary/aromatic N) is 2. The molecule has 5 atom stereocenters. The van der Waals surface area contributed by atoms with Crippen LogP contribution in [0.4, 0.5) is 0 Å². The molecule has 3 heterocycles. The van der Waals surface area contributed by atoms with E-state index in [4.69, 9.17) is 0 Å². The maximum absolute atomic E-state index is 14.1. The molecule has 12 heteroatoms. The van der Waals surface area contributed by atoms with Crippen LogP contribution in [0.2, 0.25) is 0 Å². The fourth-order valence-electron chi connectivity index (χ4n) is 6.61. The maximum atomic E-state index is 14.1. The minimum absolute atomic E-state index is 0.0399. The Morgan fingerprint density at radius 2 is 1.66 bits per heavy atom. The first-order valence-corrected chi connectivity index (χ1v) is 17.1. The molecule has 1 aromatic heterocycles. The van der Waals surface area contributed by atoms with Crippen molar-refractivity contribution in [3.05, 3.63) is 36.0 Å². The van der Waals surface area contributed by atoms with Crippen molar-refractivity contribution in [3.8, 4) is 0 Å². The van der Waals surface area contributed by atoms with Gasteiger partial charge in [0.2, 0.25) is 23.6 Å². The summed E-state index contributed by atoms with van der Waals surface area (Å²) in [7, 11) is 0. The van der Waals surface area contributed by atoms with E-state index >= 15 is 0 Å². The number of ketones is 1. The number of carbonyl (C=O) groups excluding carboxylic acids is 5. The summed E-state index contributed by atoms with van der Waals surface area (Å²) in [6.07, 6.45) is 7.51. The number of aliphatic carboxylic acids is 1. The van der Waals surface area contributed by atoms with Gasteiger partial charge in [-0.15, -0.1) is 0 Å². The molecule has 47 heavy (non-hydrogen) atoms. The third-order valence-electron chi connectivity index (χ3n) is 9.57. The standard InChI is InChI=1S/C35H49N5O7/c1-4-22(3)31-35(47)40-18-12-11-17-29(40)34(46)36-26(15-8-6-7-13-24(41)5-2)32(44)37-27(33(45)38-31)19-23-20-39(21-30(42)43)28-16-10-9-14-25(23)28/h9-10,14,16,20,22,26-27,29,31H,4-8,11-13,15,17-19,21H2,1-3H3,(H,36,46)(H,37,44)(H,38,45)(H,42,43)/t22?,26-,27-,29+,31-/m0/s1. The van der Waals surface area contributed by atoms with Gasteiger partial charge in [0.25, 0.3) is 0 Å². The van der Waals surface area contributed by atoms with Gasteiger partial charge < -0.3 is 30.5 Å². The Morgan fingerprint density at radius 1 is 0.936 bits per heavy atom. The number of piperidine rings is 1. The van der Waals surface area contributed by atoms with Crippen molar-refractivity contribution in [2.45, 2.75) is 122 Å². The highest BCUT2D eigenvalue weighted by atomic mass is 16.4. The van der Waals surface area contributed by atoms with E-state index in [9.17, 15) is 33.9 Å². The predicted molar refractivity (Wildman–Crippen MR) is 176 cm³/mol. The molecule has 0 radical (unpaired) electrons. The highest BCUT2D eigenvalue weighted by Crippen LogP contribution is 2.25. The van der Waals surface area contributed by atoms with Gasteiger partial charge in [0.05, 0.1) is 0 Å². The summed E-state index contributed by atoms with van der Waals surface area (Å²) in [4.78, 5) is 80.7. The van der Waals surface area contributed by atoms with Gasteiger partial charge in [-0.1, -0.05) is 58.2 Å². The van der Waals surface area contributed by atoms with Crippen LogP contribution >= 0.6 is 0 Å². The fraction of sp³-hybridized carbons (Fsp3) is 0.600. The summed E-state index contributed by atoms with van der Waals surface area (Å²) < 4.78 is 1.59. The number of carboxylic acid groups (broad SMARTS) is 1. The monoisotopic (exact) mass is 651 g/mol. The van der Waals surface area contributed by atoms with Crippen molar-refractivity contribution in [1.29, 1.82) is 0 Å². The summed E-state index contributed by atoms with van der Waals surface area (Å²) in [6, 6.07) is 3.57. The number of fused-ring (bicyclic) bond motifs is 2. The van der Waals surface area contributed by atoms with Crippen molar-refractivity contribution in [2.24, 2.45) is 5.92 Å². The molecule has 0 saturated carbocycles. The highest BCUT2D eigenvalue weighted by molar-refractivity contribution is 5.98. The molecular weight excluding hydrogens is 602 g/mol. The average Bonchev–Trinajstić information content (AvgIpc) is 3.40. The Morgan fingerprint density at radius 3 is 2.38 bits per heavy atom. The molecule has 12 nitrogen and oxygen atoms in total. The number of nitrogens with one attached hydrogen (secondary N) is 3. The molecule has 2 fully saturated rings. The van der Waals surface area contributed by atoms with E-state index in [2.05, 4.69) is 16.0 Å². The zero-order chi connectivity index (χ0) is 34.1. The molecule has 2 aliphatic heterocycles. The van der Waals surface area contributed by atoms with Crippen LogP contribution in [0.3, 0.4) is 0 Å². The number of unbranched alkanes of at least 4 members (excludes halogenated alkanes) is 2. The number of hydrogen-bond acceptors (Lipinski definition) is 6. The molecular formula is C35H49N5O7. The highest BCUT2D eigenvalue weighted by Gasteiger charge is 2.41. The lowest BCUT2D eigenvalue weighted by Gasteiger charge is -2.39. The van der Waals surface area contributed by atoms with Gasteiger partial charge in [-0.2, -0.15) is 0 Å². The van der Waals surface area contributed by atoms with E-state index in [1.54, 1.807) is 27.8 Å². The summed E-state index contributed by atoms with van der Waals surface area (Å²) in [5, 5.41) is 19.0. The van der Waals surface area contributed by atoms with Crippen molar-refractivity contribution < 1.29 is 33.9 Å². The van der Waals surface area contributed by atoms with Gasteiger partial charge in [0, 0.05) is 42.9 Å². The van der Waals surface area contributed by atoms with Gasteiger partial charge in [-0.05, 0) is 49.7 Å². The summed E-state index contributed by atoms with van der Waals surface area (Å²) in [5.41, 5.74) is 1.35. The summed E-state index contributed by atoms with van der Waals surface area (Å²) in [6.45, 7) is 5.75. The number of Topliss-reactive ketones (excluding diaryl/α,β-unsaturated/α-hetero) is 1. The molecule has 1 aromatic carbocycles. The topological polar surface area (TPSA) is 167 Å². The Hall–Kier alpha value is -4.22. The second-order valence-corrected chi connectivity index (χ2v) is 12.9. The lowest BCUT2D eigenvalue weighted by molar-refractivity contribution is -0.147. The third kappa shape index (κ3) is 8.99. The second kappa shape index (κ2) is 16.6. The van der Waals surface area contributed by atoms with Crippen LogP contribution in [0.1, 0.15) is 90.5 Å². The van der Waals surface area contributed by atoms with Crippen LogP contribution in [0.25, 0.3) is 10.9 Å². The largest absolute Gasteiger partial charge is 0.480 e. The number of amides is 4. The number of carboxylic acids is 1. The quantitative estimate of drug-likeness (QED) is 0.242. The molecule has 0 spiro atoms. The third-order valence-corrected chi connectivity index (χ3v) is 9.57. The number of hydrogen-bond donors (Lipinski definition) is 4. The van der Waals surface area contributed by atoms with Crippen molar-refractivity contribution in [2.75, 3.05) is 6.54 Å².